The number of nitrogens with two attached hydrogens (primary N) is 1. The summed E-state index contributed by atoms with van der Waals surface area (Å²) >= 11 is 0. The van der Waals surface area contributed by atoms with Gasteiger partial charge in [0, 0.05) is 11.6 Å². The van der Waals surface area contributed by atoms with E-state index in [-0.39, 0.29) is 17.8 Å². The van der Waals surface area contributed by atoms with Gasteiger partial charge < -0.3 is 10.5 Å². The molecule has 0 saturated heterocycles. The highest BCUT2D eigenvalue weighted by Gasteiger charge is 2.30. The highest BCUT2D eigenvalue weighted by molar-refractivity contribution is 5.52. The minimum absolute atomic E-state index is 0.0236. The molecule has 16 heavy (non-hydrogen) atoms. The molecule has 0 heterocycles. The van der Waals surface area contributed by atoms with Crippen LogP contribution in [0.1, 0.15) is 18.4 Å². The second kappa shape index (κ2) is 4.09. The SMILES string of the molecule is Cc1cccc(OC2CC(N)C2)c1[N+](=O)[O-]. The Labute approximate surface area is 93.4 Å². The third-order valence-electron chi connectivity index (χ3n) is 2.81. The van der Waals surface area contributed by atoms with E-state index in [1.165, 1.54) is 0 Å². The average Bonchev–Trinajstić information content (AvgIpc) is 2.14. The zero-order valence-electron chi connectivity index (χ0n) is 9.05. The van der Waals surface area contributed by atoms with E-state index in [9.17, 15) is 10.1 Å². The van der Waals surface area contributed by atoms with E-state index >= 15 is 0 Å². The predicted octanol–water partition coefficient (Wildman–Crippen LogP) is 1.77. The second-order valence-corrected chi connectivity index (χ2v) is 4.15. The van der Waals surface area contributed by atoms with Gasteiger partial charge in [-0.25, -0.2) is 0 Å². The number of nitro groups is 1. The van der Waals surface area contributed by atoms with Gasteiger partial charge in [0.2, 0.25) is 0 Å². The lowest BCUT2D eigenvalue weighted by Crippen LogP contribution is -2.43. The van der Waals surface area contributed by atoms with Gasteiger partial charge in [0.1, 0.15) is 6.10 Å². The summed E-state index contributed by atoms with van der Waals surface area (Å²) in [5.74, 6) is 0.349. The van der Waals surface area contributed by atoms with Crippen molar-refractivity contribution in [1.82, 2.24) is 0 Å². The van der Waals surface area contributed by atoms with Crippen LogP contribution in [0.3, 0.4) is 0 Å². The van der Waals surface area contributed by atoms with Crippen LogP contribution < -0.4 is 10.5 Å². The van der Waals surface area contributed by atoms with Gasteiger partial charge in [-0.1, -0.05) is 12.1 Å². The Morgan fingerprint density at radius 2 is 2.19 bits per heavy atom. The fourth-order valence-corrected chi connectivity index (χ4v) is 1.84. The molecule has 0 unspecified atom stereocenters. The Morgan fingerprint density at radius 3 is 2.75 bits per heavy atom. The lowest BCUT2D eigenvalue weighted by Gasteiger charge is -2.32. The van der Waals surface area contributed by atoms with Crippen molar-refractivity contribution < 1.29 is 9.66 Å². The zero-order chi connectivity index (χ0) is 11.7. The van der Waals surface area contributed by atoms with Crippen molar-refractivity contribution >= 4 is 5.69 Å². The smallest absolute Gasteiger partial charge is 0.313 e. The molecule has 5 nitrogen and oxygen atoms in total. The Kier molecular flexibility index (Phi) is 2.78. The van der Waals surface area contributed by atoms with Crippen LogP contribution in [0.4, 0.5) is 5.69 Å². The van der Waals surface area contributed by atoms with Crippen LogP contribution >= 0.6 is 0 Å². The molecule has 1 aliphatic rings. The van der Waals surface area contributed by atoms with Crippen molar-refractivity contribution in [2.75, 3.05) is 0 Å². The minimum Gasteiger partial charge on any atom is -0.483 e. The van der Waals surface area contributed by atoms with E-state index < -0.39 is 4.92 Å². The van der Waals surface area contributed by atoms with Gasteiger partial charge in [0.25, 0.3) is 0 Å². The molecule has 1 aliphatic carbocycles. The molecule has 0 atom stereocenters. The monoisotopic (exact) mass is 222 g/mol. The largest absolute Gasteiger partial charge is 0.483 e. The maximum atomic E-state index is 10.9. The number of aryl methyl sites for hydroxylation is 1. The number of rotatable bonds is 3. The fourth-order valence-electron chi connectivity index (χ4n) is 1.84. The lowest BCUT2D eigenvalue weighted by atomic mass is 9.90. The van der Waals surface area contributed by atoms with E-state index in [2.05, 4.69) is 0 Å². The lowest BCUT2D eigenvalue weighted by molar-refractivity contribution is -0.386. The number of hydrogen-bond acceptors (Lipinski definition) is 4. The van der Waals surface area contributed by atoms with E-state index in [0.29, 0.717) is 11.3 Å². The number of nitro benzene ring substituents is 1. The summed E-state index contributed by atoms with van der Waals surface area (Å²) in [5.41, 5.74) is 6.31. The summed E-state index contributed by atoms with van der Waals surface area (Å²) in [6.07, 6.45) is 1.56. The number of hydrogen-bond donors (Lipinski definition) is 1. The summed E-state index contributed by atoms with van der Waals surface area (Å²) in [6.45, 7) is 1.71. The third-order valence-corrected chi connectivity index (χ3v) is 2.81. The molecule has 0 aliphatic heterocycles. The summed E-state index contributed by atoms with van der Waals surface area (Å²) < 4.78 is 5.57. The van der Waals surface area contributed by atoms with Crippen LogP contribution in [0.15, 0.2) is 18.2 Å². The Balaban J connectivity index is 2.19. The first kappa shape index (κ1) is 10.9. The minimum atomic E-state index is -0.400. The maximum Gasteiger partial charge on any atom is 0.313 e. The van der Waals surface area contributed by atoms with Gasteiger partial charge in [0.05, 0.1) is 4.92 Å². The molecule has 2 N–H and O–H groups in total. The molecular formula is C11H14N2O3. The molecule has 0 spiro atoms. The molecule has 1 aromatic carbocycles. The Hall–Kier alpha value is -1.62. The first-order valence-electron chi connectivity index (χ1n) is 5.24. The number of para-hydroxylation sites is 1. The first-order valence-corrected chi connectivity index (χ1v) is 5.24. The van der Waals surface area contributed by atoms with E-state index in [1.54, 1.807) is 25.1 Å². The Bertz CT molecular complexity index is 414. The van der Waals surface area contributed by atoms with Gasteiger partial charge in [-0.2, -0.15) is 0 Å². The molecule has 1 fully saturated rings. The van der Waals surface area contributed by atoms with Crippen LogP contribution in [0.25, 0.3) is 0 Å². The van der Waals surface area contributed by atoms with Crippen LogP contribution in [0.5, 0.6) is 5.75 Å². The number of nitrogens with zero attached hydrogens (tertiary/aromatic N) is 1. The molecule has 86 valence electrons. The maximum absolute atomic E-state index is 10.9. The van der Waals surface area contributed by atoms with Crippen LogP contribution in [-0.4, -0.2) is 17.1 Å². The molecule has 0 bridgehead atoms. The van der Waals surface area contributed by atoms with Crippen molar-refractivity contribution in [1.29, 1.82) is 0 Å². The highest BCUT2D eigenvalue weighted by atomic mass is 16.6. The third kappa shape index (κ3) is 1.99. The number of benzene rings is 1. The first-order chi connectivity index (χ1) is 7.58. The van der Waals surface area contributed by atoms with Crippen LogP contribution in [-0.2, 0) is 0 Å². The average molecular weight is 222 g/mol. The molecule has 5 heteroatoms. The van der Waals surface area contributed by atoms with Crippen molar-refractivity contribution in [3.05, 3.63) is 33.9 Å². The van der Waals surface area contributed by atoms with E-state index in [4.69, 9.17) is 10.5 Å². The summed E-state index contributed by atoms with van der Waals surface area (Å²) in [6, 6.07) is 5.27. The van der Waals surface area contributed by atoms with Crippen molar-refractivity contribution in [3.63, 3.8) is 0 Å². The Morgan fingerprint density at radius 1 is 1.50 bits per heavy atom. The van der Waals surface area contributed by atoms with Gasteiger partial charge in [-0.3, -0.25) is 10.1 Å². The molecule has 0 amide bonds. The topological polar surface area (TPSA) is 78.4 Å². The predicted molar refractivity (Wildman–Crippen MR) is 59.5 cm³/mol. The molecule has 0 aromatic heterocycles. The van der Waals surface area contributed by atoms with Crippen molar-refractivity contribution in [3.8, 4) is 5.75 Å². The van der Waals surface area contributed by atoms with Crippen LogP contribution in [0, 0.1) is 17.0 Å². The highest BCUT2D eigenvalue weighted by Crippen LogP contribution is 2.33. The summed E-state index contributed by atoms with van der Waals surface area (Å²) in [5, 5.41) is 10.9. The molecule has 2 rings (SSSR count). The van der Waals surface area contributed by atoms with E-state index in [1.807, 2.05) is 0 Å². The zero-order valence-corrected chi connectivity index (χ0v) is 9.05. The number of ether oxygens (including phenoxy) is 1. The van der Waals surface area contributed by atoms with Crippen molar-refractivity contribution in [2.45, 2.75) is 31.9 Å². The fraction of sp³-hybridized carbons (Fsp3) is 0.455. The second-order valence-electron chi connectivity index (χ2n) is 4.15. The molecule has 1 aromatic rings. The van der Waals surface area contributed by atoms with E-state index in [0.717, 1.165) is 12.8 Å². The summed E-state index contributed by atoms with van der Waals surface area (Å²) in [7, 11) is 0. The standard InChI is InChI=1S/C11H14N2O3/c1-7-3-2-4-10(11(7)13(14)15)16-9-5-8(12)6-9/h2-4,8-9H,5-6,12H2,1H3. The van der Waals surface area contributed by atoms with Crippen molar-refractivity contribution in [2.24, 2.45) is 5.73 Å². The quantitative estimate of drug-likeness (QED) is 0.624. The van der Waals surface area contributed by atoms with Gasteiger partial charge in [-0.15, -0.1) is 0 Å². The molecule has 0 radical (unpaired) electrons. The van der Waals surface area contributed by atoms with Gasteiger partial charge in [-0.05, 0) is 25.8 Å². The normalized spacial score (nSPS) is 23.6. The van der Waals surface area contributed by atoms with Crippen LogP contribution in [0.2, 0.25) is 0 Å². The molecular weight excluding hydrogens is 208 g/mol. The van der Waals surface area contributed by atoms with Gasteiger partial charge in [0.15, 0.2) is 5.75 Å². The molecule has 1 saturated carbocycles. The summed E-state index contributed by atoms with van der Waals surface area (Å²) in [4.78, 5) is 10.5. The van der Waals surface area contributed by atoms with Gasteiger partial charge >= 0.3 is 5.69 Å².